The fraction of sp³-hybridized carbons (Fsp3) is 0.722. The summed E-state index contributed by atoms with van der Waals surface area (Å²) in [6.07, 6.45) is 5.75. The van der Waals surface area contributed by atoms with Gasteiger partial charge in [0.25, 0.3) is 0 Å². The van der Waals surface area contributed by atoms with Gasteiger partial charge in [-0.25, -0.2) is 4.79 Å². The van der Waals surface area contributed by atoms with E-state index < -0.39 is 19.9 Å². The predicted molar refractivity (Wildman–Crippen MR) is 95.1 cm³/mol. The van der Waals surface area contributed by atoms with Gasteiger partial charge in [-0.2, -0.15) is 0 Å². The highest BCUT2D eigenvalue weighted by Gasteiger charge is 2.42. The van der Waals surface area contributed by atoms with Gasteiger partial charge in [0.05, 0.1) is 6.61 Å². The van der Waals surface area contributed by atoms with Crippen LogP contribution in [0.2, 0.25) is 18.1 Å². The summed E-state index contributed by atoms with van der Waals surface area (Å²) in [4.78, 5) is 11.5. The largest absolute Gasteiger partial charge is 0.456 e. The van der Waals surface area contributed by atoms with E-state index in [1.165, 1.54) is 0 Å². The van der Waals surface area contributed by atoms with Crippen LogP contribution in [0, 0.1) is 11.8 Å². The first-order valence-electron chi connectivity index (χ1n) is 7.98. The second-order valence-corrected chi connectivity index (χ2v) is 11.9. The highest BCUT2D eigenvalue weighted by atomic mass is 28.4. The second-order valence-electron chi connectivity index (χ2n) is 7.17. The molecule has 1 unspecified atom stereocenters. The van der Waals surface area contributed by atoms with Crippen LogP contribution >= 0.6 is 0 Å². The molecule has 0 radical (unpaired) electrons. The number of ether oxygens (including phenoxy) is 1. The van der Waals surface area contributed by atoms with E-state index in [0.717, 1.165) is 12.8 Å². The third-order valence-electron chi connectivity index (χ3n) is 4.01. The van der Waals surface area contributed by atoms with E-state index in [4.69, 9.17) is 9.16 Å². The molecule has 0 N–H and O–H groups in total. The zero-order chi connectivity index (χ0) is 17.4. The summed E-state index contributed by atoms with van der Waals surface area (Å²) in [5.41, 5.74) is -0.630. The van der Waals surface area contributed by atoms with Crippen LogP contribution in [0.25, 0.3) is 0 Å². The lowest BCUT2D eigenvalue weighted by atomic mass is 10.0. The van der Waals surface area contributed by atoms with Gasteiger partial charge in [-0.05, 0) is 51.7 Å². The molecule has 126 valence electrons. The predicted octanol–water partition coefficient (Wildman–Crippen LogP) is 4.69. The first-order valence-corrected chi connectivity index (χ1v) is 10.9. The molecule has 0 aliphatic rings. The van der Waals surface area contributed by atoms with Gasteiger partial charge < -0.3 is 9.16 Å². The third-order valence-corrected chi connectivity index (χ3v) is 8.59. The molecule has 0 aromatic heterocycles. The Morgan fingerprint density at radius 1 is 1.23 bits per heavy atom. The molecule has 22 heavy (non-hydrogen) atoms. The molecular formula is C18H32O3Si. The average Bonchev–Trinajstić information content (AvgIpc) is 2.35. The zero-order valence-electron chi connectivity index (χ0n) is 15.5. The van der Waals surface area contributed by atoms with Crippen molar-refractivity contribution < 1.29 is 14.0 Å². The molecule has 0 aromatic carbocycles. The number of esters is 1. The number of allylic oxidation sites excluding steroid dienone is 2. The lowest BCUT2D eigenvalue weighted by Crippen LogP contribution is -2.48. The Bertz CT molecular complexity index is 449. The number of carbonyl (C=O) groups is 1. The van der Waals surface area contributed by atoms with E-state index in [1.807, 2.05) is 19.9 Å². The summed E-state index contributed by atoms with van der Waals surface area (Å²) in [5.74, 6) is 5.12. The normalized spacial score (nSPS) is 15.1. The van der Waals surface area contributed by atoms with Crippen LogP contribution in [-0.2, 0) is 14.0 Å². The molecule has 0 fully saturated rings. The highest BCUT2D eigenvalue weighted by Crippen LogP contribution is 2.40. The van der Waals surface area contributed by atoms with Crippen molar-refractivity contribution in [3.05, 3.63) is 12.2 Å². The molecule has 1 atom stereocenters. The van der Waals surface area contributed by atoms with E-state index in [9.17, 15) is 4.79 Å². The summed E-state index contributed by atoms with van der Waals surface area (Å²) in [6, 6.07) is 0. The molecule has 0 saturated heterocycles. The van der Waals surface area contributed by atoms with Crippen LogP contribution in [0.4, 0.5) is 0 Å². The van der Waals surface area contributed by atoms with Crippen molar-refractivity contribution in [1.29, 1.82) is 0 Å². The van der Waals surface area contributed by atoms with Gasteiger partial charge in [0, 0.05) is 5.92 Å². The minimum Gasteiger partial charge on any atom is -0.456 e. The standard InChI is InChI=1S/C18H32O3Si/c1-9-11-12-14-18(6,15-13-16(19)20-10-2)21-22(7,8)17(3,4)5/h9,11H,10,12,14H2,1-8H3/b11-9-. The molecule has 0 aromatic rings. The quantitative estimate of drug-likeness (QED) is 0.234. The summed E-state index contributed by atoms with van der Waals surface area (Å²) in [5, 5.41) is 0.0977. The number of rotatable bonds is 6. The first kappa shape index (κ1) is 20.9. The molecule has 0 aliphatic heterocycles. The SMILES string of the molecule is C/C=C\CCC(C)(C#CC(=O)OCC)O[Si](C)(C)C(C)(C)C. The molecular weight excluding hydrogens is 292 g/mol. The minimum atomic E-state index is -1.97. The maximum Gasteiger partial charge on any atom is 0.384 e. The second kappa shape index (κ2) is 8.55. The van der Waals surface area contributed by atoms with Crippen LogP contribution < -0.4 is 0 Å². The van der Waals surface area contributed by atoms with Crippen molar-refractivity contribution in [2.45, 2.75) is 78.1 Å². The van der Waals surface area contributed by atoms with Crippen LogP contribution in [0.1, 0.15) is 54.4 Å². The van der Waals surface area contributed by atoms with Gasteiger partial charge in [-0.1, -0.05) is 38.8 Å². The Morgan fingerprint density at radius 2 is 1.82 bits per heavy atom. The zero-order valence-corrected chi connectivity index (χ0v) is 16.5. The van der Waals surface area contributed by atoms with E-state index >= 15 is 0 Å². The smallest absolute Gasteiger partial charge is 0.384 e. The molecule has 0 spiro atoms. The van der Waals surface area contributed by atoms with Crippen molar-refractivity contribution in [2.24, 2.45) is 0 Å². The van der Waals surface area contributed by atoms with E-state index in [1.54, 1.807) is 6.92 Å². The van der Waals surface area contributed by atoms with E-state index in [2.05, 4.69) is 51.8 Å². The number of hydrogen-bond donors (Lipinski definition) is 0. The lowest BCUT2D eigenvalue weighted by Gasteiger charge is -2.42. The monoisotopic (exact) mass is 324 g/mol. The van der Waals surface area contributed by atoms with Crippen molar-refractivity contribution in [3.8, 4) is 11.8 Å². The van der Waals surface area contributed by atoms with Crippen LogP contribution in [0.5, 0.6) is 0 Å². The van der Waals surface area contributed by atoms with Crippen molar-refractivity contribution >= 4 is 14.3 Å². The van der Waals surface area contributed by atoms with Crippen molar-refractivity contribution in [1.82, 2.24) is 0 Å². The summed E-state index contributed by atoms with van der Waals surface area (Å²) in [7, 11) is -1.97. The van der Waals surface area contributed by atoms with Gasteiger partial charge in [0.15, 0.2) is 8.32 Å². The van der Waals surface area contributed by atoms with Gasteiger partial charge in [0.2, 0.25) is 0 Å². The van der Waals surface area contributed by atoms with Gasteiger partial charge in [-0.3, -0.25) is 0 Å². The van der Waals surface area contributed by atoms with E-state index in [0.29, 0.717) is 6.61 Å². The Kier molecular flexibility index (Phi) is 8.14. The molecule has 0 amide bonds. The molecule has 0 bridgehead atoms. The molecule has 4 heteroatoms. The molecule has 0 rings (SSSR count). The Hall–Kier alpha value is -1.05. The van der Waals surface area contributed by atoms with E-state index in [-0.39, 0.29) is 5.04 Å². The maximum absolute atomic E-state index is 11.5. The summed E-state index contributed by atoms with van der Waals surface area (Å²) >= 11 is 0. The highest BCUT2D eigenvalue weighted by molar-refractivity contribution is 6.74. The Balaban J connectivity index is 5.29. The van der Waals surface area contributed by atoms with Crippen LogP contribution in [-0.4, -0.2) is 26.5 Å². The fourth-order valence-electron chi connectivity index (χ4n) is 1.73. The fourth-order valence-corrected chi connectivity index (χ4v) is 3.32. The van der Waals surface area contributed by atoms with Crippen LogP contribution in [0.3, 0.4) is 0 Å². The Morgan fingerprint density at radius 3 is 2.27 bits per heavy atom. The number of carbonyl (C=O) groups excluding carboxylic acids is 1. The Labute approximate surface area is 137 Å². The first-order chi connectivity index (χ1) is 9.97. The maximum atomic E-state index is 11.5. The van der Waals surface area contributed by atoms with Gasteiger partial charge in [-0.15, -0.1) is 0 Å². The average molecular weight is 325 g/mol. The molecule has 0 heterocycles. The minimum absolute atomic E-state index is 0.0977. The van der Waals surface area contributed by atoms with Crippen molar-refractivity contribution in [2.75, 3.05) is 6.61 Å². The van der Waals surface area contributed by atoms with Gasteiger partial charge in [0.1, 0.15) is 5.60 Å². The molecule has 3 nitrogen and oxygen atoms in total. The molecule has 0 aliphatic carbocycles. The topological polar surface area (TPSA) is 35.5 Å². The van der Waals surface area contributed by atoms with Crippen molar-refractivity contribution in [3.63, 3.8) is 0 Å². The van der Waals surface area contributed by atoms with Gasteiger partial charge >= 0.3 is 5.97 Å². The summed E-state index contributed by atoms with van der Waals surface area (Å²) in [6.45, 7) is 17.1. The lowest BCUT2D eigenvalue weighted by molar-refractivity contribution is -0.136. The molecule has 0 saturated carbocycles. The summed E-state index contributed by atoms with van der Waals surface area (Å²) < 4.78 is 11.4. The number of hydrogen-bond acceptors (Lipinski definition) is 3. The third kappa shape index (κ3) is 7.28. The van der Waals surface area contributed by atoms with Crippen LogP contribution in [0.15, 0.2) is 12.2 Å².